The molecule has 0 aromatic heterocycles. The zero-order valence-electron chi connectivity index (χ0n) is 9.78. The van der Waals surface area contributed by atoms with Gasteiger partial charge in [0.2, 0.25) is 0 Å². The molecule has 0 N–H and O–H groups in total. The highest BCUT2D eigenvalue weighted by atomic mass is 16.5. The summed E-state index contributed by atoms with van der Waals surface area (Å²) in [5, 5.41) is 0. The SMILES string of the molecule is CN(CC1CCCCO1)CC1CCCO1. The van der Waals surface area contributed by atoms with Gasteiger partial charge in [0.15, 0.2) is 0 Å². The van der Waals surface area contributed by atoms with Crippen molar-refractivity contribution in [3.8, 4) is 0 Å². The summed E-state index contributed by atoms with van der Waals surface area (Å²) in [4.78, 5) is 2.37. The monoisotopic (exact) mass is 213 g/mol. The molecule has 0 amide bonds. The molecule has 2 heterocycles. The second-order valence-corrected chi connectivity index (χ2v) is 4.84. The molecular formula is C12H23NO2. The summed E-state index contributed by atoms with van der Waals surface area (Å²) in [5.41, 5.74) is 0. The Morgan fingerprint density at radius 1 is 0.933 bits per heavy atom. The molecule has 2 fully saturated rings. The van der Waals surface area contributed by atoms with E-state index in [1.54, 1.807) is 0 Å². The molecule has 2 rings (SSSR count). The molecule has 88 valence electrons. The Morgan fingerprint density at radius 2 is 1.53 bits per heavy atom. The first-order valence-corrected chi connectivity index (χ1v) is 6.26. The molecule has 2 aliphatic heterocycles. The quantitative estimate of drug-likeness (QED) is 0.709. The largest absolute Gasteiger partial charge is 0.377 e. The van der Waals surface area contributed by atoms with Crippen LogP contribution in [-0.4, -0.2) is 50.5 Å². The minimum absolute atomic E-state index is 0.463. The van der Waals surface area contributed by atoms with Crippen LogP contribution >= 0.6 is 0 Å². The molecule has 0 bridgehead atoms. The van der Waals surface area contributed by atoms with Crippen LogP contribution in [0.3, 0.4) is 0 Å². The first-order valence-electron chi connectivity index (χ1n) is 6.26. The highest BCUT2D eigenvalue weighted by Gasteiger charge is 2.20. The second-order valence-electron chi connectivity index (χ2n) is 4.84. The van der Waals surface area contributed by atoms with Crippen LogP contribution in [0.2, 0.25) is 0 Å². The van der Waals surface area contributed by atoms with E-state index in [1.807, 2.05) is 0 Å². The summed E-state index contributed by atoms with van der Waals surface area (Å²) in [7, 11) is 2.18. The Hall–Kier alpha value is -0.120. The molecule has 0 aromatic carbocycles. The lowest BCUT2D eigenvalue weighted by atomic mass is 10.1. The van der Waals surface area contributed by atoms with Crippen molar-refractivity contribution >= 4 is 0 Å². The number of rotatable bonds is 4. The zero-order chi connectivity index (χ0) is 10.5. The van der Waals surface area contributed by atoms with Gasteiger partial charge in [0, 0.05) is 26.3 Å². The molecule has 0 aromatic rings. The van der Waals surface area contributed by atoms with E-state index in [9.17, 15) is 0 Å². The van der Waals surface area contributed by atoms with Crippen LogP contribution in [0.5, 0.6) is 0 Å². The summed E-state index contributed by atoms with van der Waals surface area (Å²) in [6.45, 7) is 4.05. The molecule has 2 saturated heterocycles. The standard InChI is InChI=1S/C12H23NO2/c1-13(10-12-6-4-8-15-12)9-11-5-2-3-7-14-11/h11-12H,2-10H2,1H3. The van der Waals surface area contributed by atoms with Crippen LogP contribution in [0.4, 0.5) is 0 Å². The average Bonchev–Trinajstić information content (AvgIpc) is 2.71. The van der Waals surface area contributed by atoms with E-state index in [-0.39, 0.29) is 0 Å². The minimum Gasteiger partial charge on any atom is -0.377 e. The number of hydrogen-bond donors (Lipinski definition) is 0. The predicted octanol–water partition coefficient (Wildman–Crippen LogP) is 1.67. The highest BCUT2D eigenvalue weighted by molar-refractivity contribution is 4.72. The third-order valence-electron chi connectivity index (χ3n) is 3.33. The topological polar surface area (TPSA) is 21.7 Å². The molecule has 0 aliphatic carbocycles. The molecule has 3 nitrogen and oxygen atoms in total. The summed E-state index contributed by atoms with van der Waals surface area (Å²) in [6, 6.07) is 0. The van der Waals surface area contributed by atoms with Crippen molar-refractivity contribution in [2.75, 3.05) is 33.4 Å². The molecule has 2 aliphatic rings. The third kappa shape index (κ3) is 3.74. The molecular weight excluding hydrogens is 190 g/mol. The number of hydrogen-bond acceptors (Lipinski definition) is 3. The molecule has 3 heteroatoms. The summed E-state index contributed by atoms with van der Waals surface area (Å²) < 4.78 is 11.4. The summed E-state index contributed by atoms with van der Waals surface area (Å²) in [5.74, 6) is 0. The van der Waals surface area contributed by atoms with Crippen LogP contribution in [0.15, 0.2) is 0 Å². The van der Waals surface area contributed by atoms with E-state index < -0.39 is 0 Å². The van der Waals surface area contributed by atoms with E-state index in [0.717, 1.165) is 26.3 Å². The fraction of sp³-hybridized carbons (Fsp3) is 1.00. The molecule has 0 spiro atoms. The van der Waals surface area contributed by atoms with Crippen molar-refractivity contribution in [2.24, 2.45) is 0 Å². The zero-order valence-corrected chi connectivity index (χ0v) is 9.78. The van der Waals surface area contributed by atoms with Gasteiger partial charge in [-0.15, -0.1) is 0 Å². The number of ether oxygens (including phenoxy) is 2. The Kier molecular flexibility index (Phi) is 4.42. The van der Waals surface area contributed by atoms with E-state index in [1.165, 1.54) is 32.1 Å². The maximum absolute atomic E-state index is 5.73. The van der Waals surface area contributed by atoms with Crippen molar-refractivity contribution in [3.63, 3.8) is 0 Å². The van der Waals surface area contributed by atoms with Gasteiger partial charge in [-0.05, 0) is 39.2 Å². The maximum Gasteiger partial charge on any atom is 0.0702 e. The fourth-order valence-electron chi connectivity index (χ4n) is 2.51. The summed E-state index contributed by atoms with van der Waals surface area (Å²) in [6.07, 6.45) is 7.21. The lowest BCUT2D eigenvalue weighted by Crippen LogP contribution is -2.37. The summed E-state index contributed by atoms with van der Waals surface area (Å²) >= 11 is 0. The van der Waals surface area contributed by atoms with Crippen LogP contribution in [0.1, 0.15) is 32.1 Å². The van der Waals surface area contributed by atoms with Gasteiger partial charge in [-0.1, -0.05) is 0 Å². The fourth-order valence-corrected chi connectivity index (χ4v) is 2.51. The van der Waals surface area contributed by atoms with Gasteiger partial charge in [-0.25, -0.2) is 0 Å². The van der Waals surface area contributed by atoms with Crippen molar-refractivity contribution in [1.82, 2.24) is 4.90 Å². The Balaban J connectivity index is 1.64. The normalized spacial score (nSPS) is 32.4. The molecule has 0 radical (unpaired) electrons. The van der Waals surface area contributed by atoms with Crippen molar-refractivity contribution < 1.29 is 9.47 Å². The van der Waals surface area contributed by atoms with Crippen LogP contribution in [0, 0.1) is 0 Å². The van der Waals surface area contributed by atoms with E-state index >= 15 is 0 Å². The lowest BCUT2D eigenvalue weighted by Gasteiger charge is -2.28. The smallest absolute Gasteiger partial charge is 0.0702 e. The average molecular weight is 213 g/mol. The molecule has 2 unspecified atom stereocenters. The second kappa shape index (κ2) is 5.83. The van der Waals surface area contributed by atoms with Gasteiger partial charge >= 0.3 is 0 Å². The number of nitrogens with zero attached hydrogens (tertiary/aromatic N) is 1. The van der Waals surface area contributed by atoms with Gasteiger partial charge < -0.3 is 14.4 Å². The first kappa shape index (κ1) is 11.4. The van der Waals surface area contributed by atoms with Gasteiger partial charge in [0.25, 0.3) is 0 Å². The van der Waals surface area contributed by atoms with Crippen LogP contribution < -0.4 is 0 Å². The molecule has 0 saturated carbocycles. The maximum atomic E-state index is 5.73. The van der Waals surface area contributed by atoms with E-state index in [0.29, 0.717) is 12.2 Å². The van der Waals surface area contributed by atoms with Crippen LogP contribution in [0.25, 0.3) is 0 Å². The van der Waals surface area contributed by atoms with E-state index in [4.69, 9.17) is 9.47 Å². The van der Waals surface area contributed by atoms with Crippen molar-refractivity contribution in [3.05, 3.63) is 0 Å². The van der Waals surface area contributed by atoms with Gasteiger partial charge in [0.05, 0.1) is 12.2 Å². The molecule has 2 atom stereocenters. The van der Waals surface area contributed by atoms with Gasteiger partial charge in [-0.3, -0.25) is 0 Å². The van der Waals surface area contributed by atoms with Crippen molar-refractivity contribution in [2.45, 2.75) is 44.3 Å². The van der Waals surface area contributed by atoms with Crippen molar-refractivity contribution in [1.29, 1.82) is 0 Å². The minimum atomic E-state index is 0.463. The molecule has 15 heavy (non-hydrogen) atoms. The van der Waals surface area contributed by atoms with E-state index in [2.05, 4.69) is 11.9 Å². The first-order chi connectivity index (χ1) is 7.34. The van der Waals surface area contributed by atoms with Gasteiger partial charge in [-0.2, -0.15) is 0 Å². The highest BCUT2D eigenvalue weighted by Crippen LogP contribution is 2.16. The lowest BCUT2D eigenvalue weighted by molar-refractivity contribution is -0.00992. The predicted molar refractivity (Wildman–Crippen MR) is 60.1 cm³/mol. The number of likely N-dealkylation sites (N-methyl/N-ethyl adjacent to an activating group) is 1. The van der Waals surface area contributed by atoms with Gasteiger partial charge in [0.1, 0.15) is 0 Å². The Bertz CT molecular complexity index is 174. The van der Waals surface area contributed by atoms with Crippen LogP contribution in [-0.2, 0) is 9.47 Å². The third-order valence-corrected chi connectivity index (χ3v) is 3.33. The Morgan fingerprint density at radius 3 is 2.07 bits per heavy atom. The Labute approximate surface area is 92.7 Å².